The molecule has 7 heteroatoms. The molecule has 0 unspecified atom stereocenters. The molecule has 0 aliphatic carbocycles. The first-order chi connectivity index (χ1) is 30.3. The SMILES string of the molecule is c1ccc(N2c3ccccc3B3c4cc5c(cc4Oc4cccc2c43)N(c2ccccc2)c2cccc3c2B5c2ccc4sc5ccccc5c4c2N3c2ccccc2)cc1. The fourth-order valence-corrected chi connectivity index (χ4v) is 12.0. The number of ether oxygens (including phenoxy) is 1. The van der Waals surface area contributed by atoms with Gasteiger partial charge in [0.15, 0.2) is 0 Å². The standard InChI is InChI=1S/C54H33B2N3OS/c1-4-16-34(17-5-1)57-42-24-12-11-23-38(42)55-41-32-40-46(33-48(41)60-47-28-15-27-45(57)53(47)55)58(35-18-6-2-7-19-35)43-25-14-26-44-52(43)56(40)39-30-31-50-51(37-22-10-13-29-49(37)61-50)54(39)59(44)36-20-8-3-9-21-36/h1-33H. The molecule has 0 atom stereocenters. The van der Waals surface area contributed by atoms with Gasteiger partial charge in [-0.2, -0.15) is 0 Å². The molecule has 9 aromatic carbocycles. The third-order valence-corrected chi connectivity index (χ3v) is 14.4. The van der Waals surface area contributed by atoms with Crippen molar-refractivity contribution >= 4 is 129 Å². The highest BCUT2D eigenvalue weighted by Gasteiger charge is 2.47. The van der Waals surface area contributed by atoms with Gasteiger partial charge in [0.25, 0.3) is 13.4 Å². The number of thiophene rings is 1. The number of nitrogens with zero attached hydrogens (tertiary/aromatic N) is 3. The van der Waals surface area contributed by atoms with Crippen molar-refractivity contribution in [2.24, 2.45) is 0 Å². The number of para-hydroxylation sites is 4. The van der Waals surface area contributed by atoms with Crippen molar-refractivity contribution in [3.05, 3.63) is 200 Å². The third-order valence-electron chi connectivity index (χ3n) is 13.3. The van der Waals surface area contributed by atoms with Gasteiger partial charge in [0.2, 0.25) is 0 Å². The first-order valence-corrected chi connectivity index (χ1v) is 21.8. The molecule has 282 valence electrons. The minimum atomic E-state index is -0.0409. The lowest BCUT2D eigenvalue weighted by molar-refractivity contribution is 0.488. The average Bonchev–Trinajstić information content (AvgIpc) is 3.71. The van der Waals surface area contributed by atoms with Gasteiger partial charge in [-0.05, 0) is 112 Å². The minimum absolute atomic E-state index is 0.0228. The molecule has 5 heterocycles. The zero-order valence-corrected chi connectivity index (χ0v) is 33.7. The number of benzene rings is 9. The van der Waals surface area contributed by atoms with Gasteiger partial charge in [-0.1, -0.05) is 115 Å². The van der Waals surface area contributed by atoms with Gasteiger partial charge in [-0.3, -0.25) is 0 Å². The highest BCUT2D eigenvalue weighted by molar-refractivity contribution is 7.26. The summed E-state index contributed by atoms with van der Waals surface area (Å²) >= 11 is 1.88. The fourth-order valence-electron chi connectivity index (χ4n) is 10.9. The molecular weight excluding hydrogens is 760 g/mol. The highest BCUT2D eigenvalue weighted by atomic mass is 32.1. The zero-order chi connectivity index (χ0) is 39.8. The predicted octanol–water partition coefficient (Wildman–Crippen LogP) is 10.5. The van der Waals surface area contributed by atoms with Crippen LogP contribution in [0.1, 0.15) is 0 Å². The van der Waals surface area contributed by atoms with Gasteiger partial charge in [-0.15, -0.1) is 11.3 Å². The van der Waals surface area contributed by atoms with Gasteiger partial charge in [-0.25, -0.2) is 0 Å². The Kier molecular flexibility index (Phi) is 6.85. The molecule has 0 amide bonds. The van der Waals surface area contributed by atoms with Gasteiger partial charge in [0.05, 0.1) is 5.69 Å². The maximum absolute atomic E-state index is 7.15. The van der Waals surface area contributed by atoms with Crippen LogP contribution >= 0.6 is 11.3 Å². The topological polar surface area (TPSA) is 19.0 Å². The molecule has 0 spiro atoms. The second-order valence-electron chi connectivity index (χ2n) is 16.4. The summed E-state index contributed by atoms with van der Waals surface area (Å²) in [6, 6.07) is 73.5. The van der Waals surface area contributed by atoms with Gasteiger partial charge >= 0.3 is 0 Å². The molecule has 1 aromatic heterocycles. The van der Waals surface area contributed by atoms with Crippen LogP contribution in [0.2, 0.25) is 0 Å². The molecule has 14 rings (SSSR count). The van der Waals surface area contributed by atoms with E-state index < -0.39 is 0 Å². The normalized spacial score (nSPS) is 13.9. The average molecular weight is 794 g/mol. The third kappa shape index (κ3) is 4.56. The number of anilines is 9. The first kappa shape index (κ1) is 33.4. The van der Waals surface area contributed by atoms with Gasteiger partial charge < -0.3 is 19.4 Å². The molecule has 4 aliphatic rings. The maximum Gasteiger partial charge on any atom is 0.256 e. The van der Waals surface area contributed by atoms with E-state index in [2.05, 4.69) is 215 Å². The lowest BCUT2D eigenvalue weighted by Gasteiger charge is -2.45. The van der Waals surface area contributed by atoms with Crippen molar-refractivity contribution in [2.45, 2.75) is 0 Å². The molecule has 4 nitrogen and oxygen atoms in total. The summed E-state index contributed by atoms with van der Waals surface area (Å²) in [6.07, 6.45) is 0. The predicted molar refractivity (Wildman–Crippen MR) is 259 cm³/mol. The zero-order valence-electron chi connectivity index (χ0n) is 32.9. The van der Waals surface area contributed by atoms with E-state index in [0.717, 1.165) is 39.9 Å². The number of hydrogen-bond acceptors (Lipinski definition) is 5. The Balaban J connectivity index is 1.08. The van der Waals surface area contributed by atoms with E-state index in [-0.39, 0.29) is 13.4 Å². The summed E-state index contributed by atoms with van der Waals surface area (Å²) in [6.45, 7) is -0.0637. The van der Waals surface area contributed by atoms with Crippen LogP contribution in [0.3, 0.4) is 0 Å². The van der Waals surface area contributed by atoms with E-state index in [0.29, 0.717) is 0 Å². The van der Waals surface area contributed by atoms with Crippen molar-refractivity contribution in [1.82, 2.24) is 0 Å². The Morgan fingerprint density at radius 1 is 0.361 bits per heavy atom. The van der Waals surface area contributed by atoms with Gasteiger partial charge in [0.1, 0.15) is 11.5 Å². The van der Waals surface area contributed by atoms with E-state index >= 15 is 0 Å². The Labute approximate surface area is 358 Å². The molecular formula is C54H33B2N3OS. The number of rotatable bonds is 3. The summed E-state index contributed by atoms with van der Waals surface area (Å²) in [5.74, 6) is 1.81. The fraction of sp³-hybridized carbons (Fsp3) is 0. The second-order valence-corrected chi connectivity index (χ2v) is 17.4. The largest absolute Gasteiger partial charge is 0.458 e. The van der Waals surface area contributed by atoms with Crippen LogP contribution in [0.15, 0.2) is 200 Å². The summed E-state index contributed by atoms with van der Waals surface area (Å²) in [7, 11) is 0. The lowest BCUT2D eigenvalue weighted by Crippen LogP contribution is -2.64. The lowest BCUT2D eigenvalue weighted by atomic mass is 9.30. The molecule has 0 saturated carbocycles. The Morgan fingerprint density at radius 3 is 1.69 bits per heavy atom. The van der Waals surface area contributed by atoms with Crippen LogP contribution in [-0.2, 0) is 0 Å². The van der Waals surface area contributed by atoms with Crippen molar-refractivity contribution in [3.63, 3.8) is 0 Å². The Morgan fingerprint density at radius 2 is 0.934 bits per heavy atom. The first-order valence-electron chi connectivity index (χ1n) is 21.0. The highest BCUT2D eigenvalue weighted by Crippen LogP contribution is 2.49. The smallest absolute Gasteiger partial charge is 0.256 e. The van der Waals surface area contributed by atoms with E-state index in [4.69, 9.17) is 4.74 Å². The van der Waals surface area contributed by atoms with Gasteiger partial charge in [0, 0.05) is 71.7 Å². The van der Waals surface area contributed by atoms with Crippen LogP contribution in [0.5, 0.6) is 11.5 Å². The minimum Gasteiger partial charge on any atom is -0.458 e. The van der Waals surface area contributed by atoms with Crippen LogP contribution in [0.4, 0.5) is 51.2 Å². The van der Waals surface area contributed by atoms with Crippen molar-refractivity contribution in [1.29, 1.82) is 0 Å². The molecule has 61 heavy (non-hydrogen) atoms. The maximum atomic E-state index is 7.15. The Hall–Kier alpha value is -7.47. The molecule has 0 bridgehead atoms. The number of fused-ring (bicyclic) bond motifs is 12. The van der Waals surface area contributed by atoms with E-state index in [1.807, 2.05) is 11.3 Å². The van der Waals surface area contributed by atoms with Crippen molar-refractivity contribution in [3.8, 4) is 11.5 Å². The summed E-state index contributed by atoms with van der Waals surface area (Å²) < 4.78 is 9.75. The molecule has 0 fully saturated rings. The summed E-state index contributed by atoms with van der Waals surface area (Å²) in [5, 5.41) is 2.61. The molecule has 0 saturated heterocycles. The summed E-state index contributed by atoms with van der Waals surface area (Å²) in [5.41, 5.74) is 18.1. The van der Waals surface area contributed by atoms with Crippen LogP contribution < -0.4 is 52.2 Å². The molecule has 10 aromatic rings. The van der Waals surface area contributed by atoms with Crippen LogP contribution in [0, 0.1) is 0 Å². The van der Waals surface area contributed by atoms with E-state index in [1.165, 1.54) is 75.7 Å². The summed E-state index contributed by atoms with van der Waals surface area (Å²) in [4.78, 5) is 7.42. The molecule has 0 radical (unpaired) electrons. The van der Waals surface area contributed by atoms with Crippen molar-refractivity contribution in [2.75, 3.05) is 14.7 Å². The van der Waals surface area contributed by atoms with Crippen molar-refractivity contribution < 1.29 is 4.74 Å². The van der Waals surface area contributed by atoms with E-state index in [9.17, 15) is 0 Å². The molecule has 0 N–H and O–H groups in total. The van der Waals surface area contributed by atoms with Crippen LogP contribution in [0.25, 0.3) is 20.2 Å². The second kappa shape index (κ2) is 12.5. The quantitative estimate of drug-likeness (QED) is 0.166. The molecule has 4 aliphatic heterocycles. The monoisotopic (exact) mass is 793 g/mol. The van der Waals surface area contributed by atoms with Crippen LogP contribution in [-0.4, -0.2) is 13.4 Å². The van der Waals surface area contributed by atoms with E-state index in [1.54, 1.807) is 0 Å². The number of hydrogen-bond donors (Lipinski definition) is 0. The Bertz CT molecular complexity index is 3450.